The van der Waals surface area contributed by atoms with Gasteiger partial charge in [-0.05, 0) is 37.3 Å². The lowest BCUT2D eigenvalue weighted by molar-refractivity contribution is 0.0195. The molecule has 1 aromatic heterocycles. The van der Waals surface area contributed by atoms with Crippen molar-refractivity contribution in [2.45, 2.75) is 25.9 Å². The molecule has 1 aliphatic heterocycles. The normalized spacial score (nSPS) is 21.1. The highest BCUT2D eigenvalue weighted by Crippen LogP contribution is 2.25. The summed E-state index contributed by atoms with van der Waals surface area (Å²) in [5.41, 5.74) is 1.99. The standard InChI is InChI=1S/C18H22FN3O2/c1-12-15(10-20-21(12)2)18(24)22-8-7-14(17(23)11-22)9-13-5-3-4-6-16(13)19/h3-6,10,14,17,23H,7-9,11H2,1-2H3/t14-,17-/m1/s1. The third-order valence-corrected chi connectivity index (χ3v) is 4.91. The third kappa shape index (κ3) is 3.19. The van der Waals surface area contributed by atoms with Gasteiger partial charge >= 0.3 is 0 Å². The average Bonchev–Trinajstić information content (AvgIpc) is 2.90. The molecule has 1 aromatic carbocycles. The van der Waals surface area contributed by atoms with Gasteiger partial charge in [0.05, 0.1) is 17.9 Å². The van der Waals surface area contributed by atoms with Gasteiger partial charge in [0, 0.05) is 25.8 Å². The Hall–Kier alpha value is -2.21. The summed E-state index contributed by atoms with van der Waals surface area (Å²) in [6, 6.07) is 6.64. The summed E-state index contributed by atoms with van der Waals surface area (Å²) in [5, 5.41) is 14.5. The van der Waals surface area contributed by atoms with Crippen LogP contribution in [0, 0.1) is 18.7 Å². The third-order valence-electron chi connectivity index (χ3n) is 4.91. The molecule has 6 heteroatoms. The van der Waals surface area contributed by atoms with Crippen LogP contribution in [0.2, 0.25) is 0 Å². The summed E-state index contributed by atoms with van der Waals surface area (Å²) in [5.74, 6) is -0.390. The van der Waals surface area contributed by atoms with Crippen LogP contribution in [0.4, 0.5) is 4.39 Å². The van der Waals surface area contributed by atoms with Crippen LogP contribution in [0.5, 0.6) is 0 Å². The molecule has 0 unspecified atom stereocenters. The van der Waals surface area contributed by atoms with E-state index < -0.39 is 6.10 Å². The van der Waals surface area contributed by atoms with Crippen molar-refractivity contribution in [2.24, 2.45) is 13.0 Å². The molecule has 2 heterocycles. The van der Waals surface area contributed by atoms with Crippen LogP contribution in [-0.2, 0) is 13.5 Å². The van der Waals surface area contributed by atoms with Gasteiger partial charge in [-0.1, -0.05) is 18.2 Å². The van der Waals surface area contributed by atoms with Gasteiger partial charge in [0.25, 0.3) is 5.91 Å². The zero-order valence-electron chi connectivity index (χ0n) is 13.9. The van der Waals surface area contributed by atoms with Crippen molar-refractivity contribution < 1.29 is 14.3 Å². The van der Waals surface area contributed by atoms with E-state index in [0.29, 0.717) is 30.5 Å². The molecular formula is C18H22FN3O2. The number of hydrogen-bond acceptors (Lipinski definition) is 3. The Morgan fingerprint density at radius 1 is 1.42 bits per heavy atom. The first-order valence-corrected chi connectivity index (χ1v) is 8.16. The molecule has 0 spiro atoms. The molecule has 2 atom stereocenters. The summed E-state index contributed by atoms with van der Waals surface area (Å²) in [6.07, 6.45) is 2.05. The van der Waals surface area contributed by atoms with Crippen molar-refractivity contribution >= 4 is 5.91 Å². The Bertz CT molecular complexity index is 744. The van der Waals surface area contributed by atoms with Gasteiger partial charge in [0.2, 0.25) is 0 Å². The second-order valence-corrected chi connectivity index (χ2v) is 6.43. The topological polar surface area (TPSA) is 58.4 Å². The minimum Gasteiger partial charge on any atom is -0.391 e. The minimum absolute atomic E-state index is 0.0408. The largest absolute Gasteiger partial charge is 0.391 e. The summed E-state index contributed by atoms with van der Waals surface area (Å²) >= 11 is 0. The molecule has 0 saturated carbocycles. The van der Waals surface area contributed by atoms with Crippen molar-refractivity contribution in [3.05, 3.63) is 53.1 Å². The van der Waals surface area contributed by atoms with Crippen molar-refractivity contribution in [3.8, 4) is 0 Å². The Morgan fingerprint density at radius 2 is 2.17 bits per heavy atom. The average molecular weight is 331 g/mol. The highest BCUT2D eigenvalue weighted by atomic mass is 19.1. The highest BCUT2D eigenvalue weighted by Gasteiger charge is 2.32. The molecule has 24 heavy (non-hydrogen) atoms. The Labute approximate surface area is 140 Å². The number of carbonyl (C=O) groups is 1. The lowest BCUT2D eigenvalue weighted by Gasteiger charge is -2.36. The first-order chi connectivity index (χ1) is 11.5. The number of likely N-dealkylation sites (tertiary alicyclic amines) is 1. The van der Waals surface area contributed by atoms with Gasteiger partial charge in [0.1, 0.15) is 5.82 Å². The number of halogens is 1. The predicted molar refractivity (Wildman–Crippen MR) is 88.1 cm³/mol. The van der Waals surface area contributed by atoms with Crippen molar-refractivity contribution in [1.82, 2.24) is 14.7 Å². The smallest absolute Gasteiger partial charge is 0.257 e. The van der Waals surface area contributed by atoms with Gasteiger partial charge in [-0.3, -0.25) is 9.48 Å². The number of aliphatic hydroxyl groups excluding tert-OH is 1. The van der Waals surface area contributed by atoms with Crippen LogP contribution in [0.15, 0.2) is 30.5 Å². The van der Waals surface area contributed by atoms with Crippen LogP contribution in [0.1, 0.15) is 28.0 Å². The number of amides is 1. The fourth-order valence-electron chi connectivity index (χ4n) is 3.23. The second kappa shape index (κ2) is 6.73. The molecule has 0 radical (unpaired) electrons. The zero-order valence-corrected chi connectivity index (χ0v) is 13.9. The van der Waals surface area contributed by atoms with Gasteiger partial charge in [-0.2, -0.15) is 5.10 Å². The highest BCUT2D eigenvalue weighted by molar-refractivity contribution is 5.95. The molecule has 0 aliphatic carbocycles. The number of aryl methyl sites for hydroxylation is 1. The zero-order chi connectivity index (χ0) is 17.3. The summed E-state index contributed by atoms with van der Waals surface area (Å²) in [4.78, 5) is 14.3. The van der Waals surface area contributed by atoms with E-state index in [1.54, 1.807) is 41.0 Å². The Morgan fingerprint density at radius 3 is 2.79 bits per heavy atom. The monoisotopic (exact) mass is 331 g/mol. The van der Waals surface area contributed by atoms with Crippen LogP contribution >= 0.6 is 0 Å². The minimum atomic E-state index is -0.653. The summed E-state index contributed by atoms with van der Waals surface area (Å²) in [6.45, 7) is 2.68. The molecule has 1 aliphatic rings. The van der Waals surface area contributed by atoms with E-state index >= 15 is 0 Å². The first-order valence-electron chi connectivity index (χ1n) is 8.16. The van der Waals surface area contributed by atoms with E-state index in [2.05, 4.69) is 5.10 Å². The van der Waals surface area contributed by atoms with Gasteiger partial charge in [0.15, 0.2) is 0 Å². The van der Waals surface area contributed by atoms with Crippen LogP contribution in [0.25, 0.3) is 0 Å². The van der Waals surface area contributed by atoms with Gasteiger partial charge in [-0.15, -0.1) is 0 Å². The molecule has 3 rings (SSSR count). The second-order valence-electron chi connectivity index (χ2n) is 6.43. The molecule has 5 nitrogen and oxygen atoms in total. The maximum absolute atomic E-state index is 13.8. The lowest BCUT2D eigenvalue weighted by Crippen LogP contribution is -2.47. The number of rotatable bonds is 3. The van der Waals surface area contributed by atoms with E-state index in [9.17, 15) is 14.3 Å². The summed E-state index contributed by atoms with van der Waals surface area (Å²) in [7, 11) is 1.79. The van der Waals surface area contributed by atoms with E-state index in [0.717, 1.165) is 5.69 Å². The molecule has 1 N–H and O–H groups in total. The van der Waals surface area contributed by atoms with Crippen LogP contribution in [-0.4, -0.2) is 44.9 Å². The molecule has 2 aromatic rings. The first kappa shape index (κ1) is 16.6. The van der Waals surface area contributed by atoms with E-state index in [1.807, 2.05) is 6.92 Å². The van der Waals surface area contributed by atoms with E-state index in [-0.39, 0.29) is 24.2 Å². The number of β-amino-alcohol motifs (C(OH)–C–C–N with tert-alkyl or cyclic N) is 1. The Balaban J connectivity index is 1.66. The number of aliphatic hydroxyl groups is 1. The van der Waals surface area contributed by atoms with Crippen LogP contribution in [0.3, 0.4) is 0 Å². The maximum atomic E-state index is 13.8. The lowest BCUT2D eigenvalue weighted by atomic mass is 9.87. The number of carbonyl (C=O) groups excluding carboxylic acids is 1. The summed E-state index contributed by atoms with van der Waals surface area (Å²) < 4.78 is 15.5. The molecule has 1 fully saturated rings. The molecule has 1 amide bonds. The fraction of sp³-hybridized carbons (Fsp3) is 0.444. The number of aromatic nitrogens is 2. The van der Waals surface area contributed by atoms with E-state index in [1.165, 1.54) is 6.07 Å². The quantitative estimate of drug-likeness (QED) is 0.935. The van der Waals surface area contributed by atoms with Crippen molar-refractivity contribution in [1.29, 1.82) is 0 Å². The van der Waals surface area contributed by atoms with E-state index in [4.69, 9.17) is 0 Å². The predicted octanol–water partition coefficient (Wildman–Crippen LogP) is 1.93. The van der Waals surface area contributed by atoms with Crippen molar-refractivity contribution in [3.63, 3.8) is 0 Å². The van der Waals surface area contributed by atoms with Gasteiger partial charge < -0.3 is 10.0 Å². The van der Waals surface area contributed by atoms with Crippen LogP contribution < -0.4 is 0 Å². The number of piperidine rings is 1. The molecule has 1 saturated heterocycles. The molecular weight excluding hydrogens is 309 g/mol. The number of benzene rings is 1. The molecule has 128 valence electrons. The number of nitrogens with zero attached hydrogens (tertiary/aromatic N) is 3. The number of hydrogen-bond donors (Lipinski definition) is 1. The Kier molecular flexibility index (Phi) is 4.66. The molecule has 0 bridgehead atoms. The maximum Gasteiger partial charge on any atom is 0.257 e. The SMILES string of the molecule is Cc1c(C(=O)N2CC[C@H](Cc3ccccc3F)[C@H](O)C2)cnn1C. The fourth-order valence-corrected chi connectivity index (χ4v) is 3.23. The van der Waals surface area contributed by atoms with Crippen molar-refractivity contribution in [2.75, 3.05) is 13.1 Å². The van der Waals surface area contributed by atoms with Gasteiger partial charge in [-0.25, -0.2) is 4.39 Å².